The molecule has 0 saturated heterocycles. The molecule has 0 fully saturated rings. The zero-order valence-electron chi connectivity index (χ0n) is 8.74. The van der Waals surface area contributed by atoms with Crippen molar-refractivity contribution < 1.29 is 0 Å². The molecule has 17 heavy (non-hydrogen) atoms. The largest absolute Gasteiger partial charge is 0.355 e. The summed E-state index contributed by atoms with van der Waals surface area (Å²) in [5, 5.41) is 12.1. The average Bonchev–Trinajstić information content (AvgIpc) is 2.34. The summed E-state index contributed by atoms with van der Waals surface area (Å²) in [5.41, 5.74) is 2.58. The van der Waals surface area contributed by atoms with E-state index in [2.05, 4.69) is 49.9 Å². The van der Waals surface area contributed by atoms with Crippen LogP contribution in [-0.4, -0.2) is 0 Å². The Morgan fingerprint density at radius 2 is 1.88 bits per heavy atom. The van der Waals surface area contributed by atoms with Crippen LogP contribution in [0.15, 0.2) is 46.9 Å². The van der Waals surface area contributed by atoms with E-state index < -0.39 is 0 Å². The van der Waals surface area contributed by atoms with E-state index in [1.54, 1.807) is 6.07 Å². The summed E-state index contributed by atoms with van der Waals surface area (Å²) in [6, 6.07) is 15.6. The molecule has 0 aliphatic carbocycles. The van der Waals surface area contributed by atoms with Crippen LogP contribution < -0.4 is 5.32 Å². The van der Waals surface area contributed by atoms with Crippen LogP contribution in [-0.2, 0) is 0 Å². The molecule has 0 amide bonds. The van der Waals surface area contributed by atoms with Gasteiger partial charge in [0.1, 0.15) is 0 Å². The molecule has 0 spiro atoms. The second-order valence-electron chi connectivity index (χ2n) is 3.45. The van der Waals surface area contributed by atoms with Crippen LogP contribution >= 0.6 is 38.5 Å². The first-order chi connectivity index (χ1) is 8.19. The van der Waals surface area contributed by atoms with Crippen LogP contribution in [0.25, 0.3) is 0 Å². The van der Waals surface area contributed by atoms with Crippen molar-refractivity contribution in [2.75, 3.05) is 5.32 Å². The normalized spacial score (nSPS) is 9.71. The molecule has 2 aromatic carbocycles. The lowest BCUT2D eigenvalue weighted by Crippen LogP contribution is -1.91. The second-order valence-corrected chi connectivity index (χ2v) is 5.46. The highest BCUT2D eigenvalue weighted by Crippen LogP contribution is 2.25. The van der Waals surface area contributed by atoms with Crippen molar-refractivity contribution in [3.63, 3.8) is 0 Å². The average molecular weight is 399 g/mol. The number of rotatable bonds is 2. The first-order valence-electron chi connectivity index (χ1n) is 4.91. The highest BCUT2D eigenvalue weighted by Gasteiger charge is 2.00. The molecule has 2 nitrogen and oxygen atoms in total. The van der Waals surface area contributed by atoms with Crippen molar-refractivity contribution in [1.29, 1.82) is 5.26 Å². The van der Waals surface area contributed by atoms with Crippen molar-refractivity contribution in [3.8, 4) is 6.07 Å². The summed E-state index contributed by atoms with van der Waals surface area (Å²) in [7, 11) is 0. The van der Waals surface area contributed by atoms with E-state index in [1.165, 1.54) is 0 Å². The zero-order chi connectivity index (χ0) is 12.3. The molecule has 0 saturated carbocycles. The van der Waals surface area contributed by atoms with Gasteiger partial charge in [-0.3, -0.25) is 0 Å². The predicted molar refractivity (Wildman–Crippen MR) is 81.3 cm³/mol. The van der Waals surface area contributed by atoms with E-state index in [4.69, 9.17) is 5.26 Å². The van der Waals surface area contributed by atoms with Gasteiger partial charge in [-0.25, -0.2) is 0 Å². The van der Waals surface area contributed by atoms with Gasteiger partial charge in [0.25, 0.3) is 0 Å². The topological polar surface area (TPSA) is 35.8 Å². The fourth-order valence-electron chi connectivity index (χ4n) is 1.41. The number of nitrogens with one attached hydrogen (secondary N) is 1. The molecule has 0 heterocycles. The molecule has 2 aromatic rings. The van der Waals surface area contributed by atoms with Crippen LogP contribution in [0.5, 0.6) is 0 Å². The minimum Gasteiger partial charge on any atom is -0.355 e. The van der Waals surface area contributed by atoms with E-state index in [1.807, 2.05) is 36.4 Å². The Hall–Kier alpha value is -1.06. The molecule has 0 atom stereocenters. The number of nitriles is 1. The third-order valence-electron chi connectivity index (χ3n) is 2.20. The van der Waals surface area contributed by atoms with Gasteiger partial charge in [-0.15, -0.1) is 0 Å². The Morgan fingerprint density at radius 3 is 2.59 bits per heavy atom. The minimum absolute atomic E-state index is 0.654. The maximum absolute atomic E-state index is 8.82. The van der Waals surface area contributed by atoms with Crippen LogP contribution in [0, 0.1) is 14.9 Å². The van der Waals surface area contributed by atoms with Gasteiger partial charge in [0.05, 0.1) is 11.6 Å². The standard InChI is InChI=1S/C13H8BrIN2/c14-12-5-4-11(7-13(12)15)17-10-3-1-2-9(6-10)8-16/h1-7,17H. The van der Waals surface area contributed by atoms with Gasteiger partial charge in [-0.1, -0.05) is 6.07 Å². The van der Waals surface area contributed by atoms with E-state index in [0.717, 1.165) is 19.4 Å². The highest BCUT2D eigenvalue weighted by atomic mass is 127. The molecular weight excluding hydrogens is 391 g/mol. The maximum atomic E-state index is 8.82. The monoisotopic (exact) mass is 398 g/mol. The first kappa shape index (κ1) is 12.4. The Labute approximate surface area is 122 Å². The van der Waals surface area contributed by atoms with Crippen molar-refractivity contribution in [2.24, 2.45) is 0 Å². The lowest BCUT2D eigenvalue weighted by atomic mass is 10.2. The van der Waals surface area contributed by atoms with Gasteiger partial charge in [-0.2, -0.15) is 5.26 Å². The maximum Gasteiger partial charge on any atom is 0.0992 e. The summed E-state index contributed by atoms with van der Waals surface area (Å²) in [6.45, 7) is 0. The minimum atomic E-state index is 0.654. The van der Waals surface area contributed by atoms with Gasteiger partial charge in [-0.05, 0) is 74.9 Å². The fourth-order valence-corrected chi connectivity index (χ4v) is 2.17. The van der Waals surface area contributed by atoms with Gasteiger partial charge in [0.15, 0.2) is 0 Å². The first-order valence-corrected chi connectivity index (χ1v) is 6.78. The fraction of sp³-hybridized carbons (Fsp3) is 0. The van der Waals surface area contributed by atoms with Crippen molar-refractivity contribution in [3.05, 3.63) is 56.1 Å². The number of anilines is 2. The lowest BCUT2D eigenvalue weighted by Gasteiger charge is -2.07. The number of halogens is 2. The molecule has 84 valence electrons. The summed E-state index contributed by atoms with van der Waals surface area (Å²) >= 11 is 5.73. The molecule has 4 heteroatoms. The Balaban J connectivity index is 2.25. The molecule has 0 unspecified atom stereocenters. The Bertz CT molecular complexity index is 590. The molecule has 1 N–H and O–H groups in total. The summed E-state index contributed by atoms with van der Waals surface area (Å²) in [4.78, 5) is 0. The highest BCUT2D eigenvalue weighted by molar-refractivity contribution is 14.1. The SMILES string of the molecule is N#Cc1cccc(Nc2ccc(Br)c(I)c2)c1. The number of nitrogens with zero attached hydrogens (tertiary/aromatic N) is 1. The summed E-state index contributed by atoms with van der Waals surface area (Å²) in [5.74, 6) is 0. The van der Waals surface area contributed by atoms with Crippen LogP contribution in [0.2, 0.25) is 0 Å². The number of benzene rings is 2. The zero-order valence-corrected chi connectivity index (χ0v) is 12.5. The Kier molecular flexibility index (Phi) is 4.02. The van der Waals surface area contributed by atoms with Gasteiger partial charge < -0.3 is 5.32 Å². The molecule has 0 aromatic heterocycles. The summed E-state index contributed by atoms with van der Waals surface area (Å²) in [6.07, 6.45) is 0. The van der Waals surface area contributed by atoms with Crippen LogP contribution in [0.1, 0.15) is 5.56 Å². The van der Waals surface area contributed by atoms with E-state index >= 15 is 0 Å². The summed E-state index contributed by atoms with van der Waals surface area (Å²) < 4.78 is 2.22. The predicted octanol–water partition coefficient (Wildman–Crippen LogP) is 4.67. The third kappa shape index (κ3) is 3.20. The molecular formula is C13H8BrIN2. The second kappa shape index (κ2) is 5.52. The number of hydrogen-bond acceptors (Lipinski definition) is 2. The van der Waals surface area contributed by atoms with Crippen molar-refractivity contribution in [1.82, 2.24) is 0 Å². The van der Waals surface area contributed by atoms with Crippen LogP contribution in [0.3, 0.4) is 0 Å². The quantitative estimate of drug-likeness (QED) is 0.746. The van der Waals surface area contributed by atoms with Crippen molar-refractivity contribution in [2.45, 2.75) is 0 Å². The van der Waals surface area contributed by atoms with E-state index in [-0.39, 0.29) is 0 Å². The van der Waals surface area contributed by atoms with Crippen molar-refractivity contribution >= 4 is 49.9 Å². The lowest BCUT2D eigenvalue weighted by molar-refractivity contribution is 1.46. The molecule has 0 bridgehead atoms. The molecule has 0 aliphatic rings. The van der Waals surface area contributed by atoms with Gasteiger partial charge >= 0.3 is 0 Å². The molecule has 0 aliphatic heterocycles. The number of hydrogen-bond donors (Lipinski definition) is 1. The van der Waals surface area contributed by atoms with Gasteiger partial charge in [0, 0.05) is 19.4 Å². The van der Waals surface area contributed by atoms with E-state index in [0.29, 0.717) is 5.56 Å². The Morgan fingerprint density at radius 1 is 1.12 bits per heavy atom. The third-order valence-corrected chi connectivity index (χ3v) is 4.53. The van der Waals surface area contributed by atoms with Crippen LogP contribution in [0.4, 0.5) is 11.4 Å². The smallest absolute Gasteiger partial charge is 0.0992 e. The molecule has 2 rings (SSSR count). The molecule has 0 radical (unpaired) electrons. The van der Waals surface area contributed by atoms with Gasteiger partial charge in [0.2, 0.25) is 0 Å². The van der Waals surface area contributed by atoms with E-state index in [9.17, 15) is 0 Å².